The molecule has 1 amide bonds. The van der Waals surface area contributed by atoms with Crippen molar-refractivity contribution in [3.63, 3.8) is 0 Å². The Kier molecular flexibility index (Phi) is 4.81. The van der Waals surface area contributed by atoms with E-state index in [0.29, 0.717) is 5.69 Å². The molecule has 1 aromatic carbocycles. The standard InChI is InChI=1S/C17H16FN3O5/c1-10-8-14(22)15(19-21(10)12-5-3-2-4-11(12)18)16(23)20-6-7-26-9-13(20)17(24)25/h2-5,8,13H,6-7,9H2,1H3,(H,24,25)/t13-/m1/s1. The molecule has 0 unspecified atom stereocenters. The summed E-state index contributed by atoms with van der Waals surface area (Å²) in [5.41, 5.74) is -0.702. The molecular weight excluding hydrogens is 345 g/mol. The second-order valence-corrected chi connectivity index (χ2v) is 5.79. The van der Waals surface area contributed by atoms with Gasteiger partial charge in [-0.05, 0) is 19.1 Å². The molecule has 0 spiro atoms. The first kappa shape index (κ1) is 17.7. The van der Waals surface area contributed by atoms with Gasteiger partial charge >= 0.3 is 5.97 Å². The molecule has 0 radical (unpaired) electrons. The van der Waals surface area contributed by atoms with Gasteiger partial charge in [0.1, 0.15) is 11.5 Å². The van der Waals surface area contributed by atoms with Crippen molar-refractivity contribution in [3.8, 4) is 5.69 Å². The van der Waals surface area contributed by atoms with Gasteiger partial charge < -0.3 is 14.7 Å². The molecular formula is C17H16FN3O5. The van der Waals surface area contributed by atoms with Crippen LogP contribution in [0.4, 0.5) is 4.39 Å². The van der Waals surface area contributed by atoms with E-state index in [2.05, 4.69) is 5.10 Å². The molecule has 1 N–H and O–H groups in total. The molecule has 0 aliphatic carbocycles. The lowest BCUT2D eigenvalue weighted by Crippen LogP contribution is -2.53. The number of hydrogen-bond donors (Lipinski definition) is 1. The first-order valence-corrected chi connectivity index (χ1v) is 7.87. The zero-order valence-corrected chi connectivity index (χ0v) is 13.9. The van der Waals surface area contributed by atoms with Crippen molar-refractivity contribution < 1.29 is 23.8 Å². The Morgan fingerprint density at radius 2 is 2.08 bits per heavy atom. The average molecular weight is 361 g/mol. The minimum Gasteiger partial charge on any atom is -0.480 e. The van der Waals surface area contributed by atoms with E-state index >= 15 is 0 Å². The van der Waals surface area contributed by atoms with Gasteiger partial charge in [0.05, 0.1) is 13.2 Å². The molecule has 1 aliphatic heterocycles. The molecule has 3 rings (SSSR count). The number of morpholine rings is 1. The Hall–Kier alpha value is -3.07. The maximum Gasteiger partial charge on any atom is 0.328 e. The molecule has 0 bridgehead atoms. The topological polar surface area (TPSA) is 102 Å². The molecule has 136 valence electrons. The molecule has 2 aromatic rings. The summed E-state index contributed by atoms with van der Waals surface area (Å²) in [6.45, 7) is 1.56. The Morgan fingerprint density at radius 1 is 1.35 bits per heavy atom. The molecule has 9 heteroatoms. The summed E-state index contributed by atoms with van der Waals surface area (Å²) in [5.74, 6) is -2.63. The number of carboxylic acids is 1. The molecule has 0 saturated carbocycles. The number of carboxylic acid groups (broad SMARTS) is 1. The number of carbonyl (C=O) groups is 2. The summed E-state index contributed by atoms with van der Waals surface area (Å²) in [6.07, 6.45) is 0. The van der Waals surface area contributed by atoms with Gasteiger partial charge in [-0.1, -0.05) is 12.1 Å². The number of carbonyl (C=O) groups excluding carboxylic acids is 1. The number of para-hydroxylation sites is 1. The Balaban J connectivity index is 2.06. The van der Waals surface area contributed by atoms with Gasteiger partial charge in [0.25, 0.3) is 5.91 Å². The lowest BCUT2D eigenvalue weighted by Gasteiger charge is -2.32. The number of halogens is 1. The average Bonchev–Trinajstić information content (AvgIpc) is 2.62. The molecule has 1 atom stereocenters. The first-order valence-electron chi connectivity index (χ1n) is 7.87. The van der Waals surface area contributed by atoms with E-state index in [1.165, 1.54) is 24.3 Å². The Labute approximate surface area is 147 Å². The molecule has 1 fully saturated rings. The van der Waals surface area contributed by atoms with E-state index in [4.69, 9.17) is 4.74 Å². The van der Waals surface area contributed by atoms with Crippen molar-refractivity contribution >= 4 is 11.9 Å². The van der Waals surface area contributed by atoms with Crippen molar-refractivity contribution in [2.45, 2.75) is 13.0 Å². The van der Waals surface area contributed by atoms with E-state index in [1.54, 1.807) is 13.0 Å². The monoisotopic (exact) mass is 361 g/mol. The van der Waals surface area contributed by atoms with Crippen LogP contribution < -0.4 is 5.43 Å². The number of aromatic nitrogens is 2. The van der Waals surface area contributed by atoms with Gasteiger partial charge in [0.2, 0.25) is 5.43 Å². The fourth-order valence-electron chi connectivity index (χ4n) is 2.75. The lowest BCUT2D eigenvalue weighted by atomic mass is 10.2. The maximum absolute atomic E-state index is 14.1. The fraction of sp³-hybridized carbons (Fsp3) is 0.294. The minimum absolute atomic E-state index is 0.0183. The number of nitrogens with zero attached hydrogens (tertiary/aromatic N) is 3. The summed E-state index contributed by atoms with van der Waals surface area (Å²) < 4.78 is 20.3. The third-order valence-electron chi connectivity index (χ3n) is 4.07. The van der Waals surface area contributed by atoms with Gasteiger partial charge in [-0.3, -0.25) is 9.59 Å². The third kappa shape index (κ3) is 3.21. The van der Waals surface area contributed by atoms with Gasteiger partial charge in [-0.15, -0.1) is 0 Å². The second-order valence-electron chi connectivity index (χ2n) is 5.79. The van der Waals surface area contributed by atoms with Crippen LogP contribution in [0.1, 0.15) is 16.2 Å². The highest BCUT2D eigenvalue weighted by molar-refractivity contribution is 5.95. The minimum atomic E-state index is -1.24. The van der Waals surface area contributed by atoms with E-state index in [9.17, 15) is 23.9 Å². The summed E-state index contributed by atoms with van der Waals surface area (Å²) in [6, 6.07) is 5.76. The summed E-state index contributed by atoms with van der Waals surface area (Å²) in [4.78, 5) is 37.4. The van der Waals surface area contributed by atoms with Crippen LogP contribution in [0.25, 0.3) is 5.69 Å². The highest BCUT2D eigenvalue weighted by atomic mass is 19.1. The van der Waals surface area contributed by atoms with Crippen LogP contribution in [0.3, 0.4) is 0 Å². The zero-order chi connectivity index (χ0) is 18.8. The number of ether oxygens (including phenoxy) is 1. The van der Waals surface area contributed by atoms with E-state index in [1.807, 2.05) is 0 Å². The van der Waals surface area contributed by atoms with E-state index in [0.717, 1.165) is 9.58 Å². The van der Waals surface area contributed by atoms with Gasteiger partial charge in [-0.2, -0.15) is 5.10 Å². The predicted molar refractivity (Wildman–Crippen MR) is 87.8 cm³/mol. The molecule has 1 aromatic heterocycles. The van der Waals surface area contributed by atoms with Crippen LogP contribution in [0.5, 0.6) is 0 Å². The van der Waals surface area contributed by atoms with Crippen molar-refractivity contribution in [3.05, 3.63) is 57.8 Å². The molecule has 1 saturated heterocycles. The van der Waals surface area contributed by atoms with E-state index < -0.39 is 34.9 Å². The smallest absolute Gasteiger partial charge is 0.328 e. The van der Waals surface area contributed by atoms with Crippen LogP contribution in [-0.2, 0) is 9.53 Å². The molecule has 1 aliphatic rings. The number of hydrogen-bond acceptors (Lipinski definition) is 5. The van der Waals surface area contributed by atoms with Crippen LogP contribution in [-0.4, -0.2) is 57.5 Å². The molecule has 2 heterocycles. The largest absolute Gasteiger partial charge is 0.480 e. The van der Waals surface area contributed by atoms with Crippen molar-refractivity contribution in [2.75, 3.05) is 19.8 Å². The maximum atomic E-state index is 14.1. The molecule has 8 nitrogen and oxygen atoms in total. The van der Waals surface area contributed by atoms with Crippen LogP contribution >= 0.6 is 0 Å². The number of aryl methyl sites for hydroxylation is 1. The van der Waals surface area contributed by atoms with Crippen molar-refractivity contribution in [1.82, 2.24) is 14.7 Å². The van der Waals surface area contributed by atoms with Gasteiger partial charge in [0, 0.05) is 18.3 Å². The summed E-state index contributed by atoms with van der Waals surface area (Å²) in [7, 11) is 0. The van der Waals surface area contributed by atoms with Crippen LogP contribution in [0.2, 0.25) is 0 Å². The highest BCUT2D eigenvalue weighted by Crippen LogP contribution is 2.15. The quantitative estimate of drug-likeness (QED) is 0.859. The number of benzene rings is 1. The molecule has 26 heavy (non-hydrogen) atoms. The third-order valence-corrected chi connectivity index (χ3v) is 4.07. The van der Waals surface area contributed by atoms with E-state index in [-0.39, 0.29) is 25.4 Å². The number of rotatable bonds is 3. The SMILES string of the molecule is Cc1cc(=O)c(C(=O)N2CCOC[C@@H]2C(=O)O)nn1-c1ccccc1F. The zero-order valence-electron chi connectivity index (χ0n) is 13.9. The van der Waals surface area contributed by atoms with Crippen molar-refractivity contribution in [2.24, 2.45) is 0 Å². The first-order chi connectivity index (χ1) is 12.4. The highest BCUT2D eigenvalue weighted by Gasteiger charge is 2.35. The Morgan fingerprint density at radius 3 is 2.77 bits per heavy atom. The number of amides is 1. The second kappa shape index (κ2) is 7.04. The lowest BCUT2D eigenvalue weighted by molar-refractivity contribution is -0.147. The van der Waals surface area contributed by atoms with Gasteiger partial charge in [0.15, 0.2) is 11.7 Å². The normalized spacial score (nSPS) is 17.2. The summed E-state index contributed by atoms with van der Waals surface area (Å²) >= 11 is 0. The fourth-order valence-corrected chi connectivity index (χ4v) is 2.75. The van der Waals surface area contributed by atoms with Crippen LogP contribution in [0.15, 0.2) is 35.1 Å². The predicted octanol–water partition coefficient (Wildman–Crippen LogP) is 0.606. The van der Waals surface area contributed by atoms with Crippen molar-refractivity contribution in [1.29, 1.82) is 0 Å². The van der Waals surface area contributed by atoms with Crippen LogP contribution in [0, 0.1) is 12.7 Å². The summed E-state index contributed by atoms with van der Waals surface area (Å²) in [5, 5.41) is 13.3. The number of aliphatic carboxylic acids is 1. The van der Waals surface area contributed by atoms with Gasteiger partial charge in [-0.25, -0.2) is 13.9 Å². The Bertz CT molecular complexity index is 927.